The van der Waals surface area contributed by atoms with Gasteiger partial charge in [-0.1, -0.05) is 19.6 Å². The summed E-state index contributed by atoms with van der Waals surface area (Å²) in [6.07, 6.45) is 5.28. The average Bonchev–Trinajstić information content (AvgIpc) is 2.76. The van der Waals surface area contributed by atoms with Crippen LogP contribution in [0.2, 0.25) is 25.7 Å². The SMILES string of the molecule is C[Si](C)(C)CCOCn1cc(N)c(-c2ccncc2)n1. The van der Waals surface area contributed by atoms with Gasteiger partial charge in [-0.2, -0.15) is 5.10 Å². The Kier molecular flexibility index (Phi) is 4.56. The summed E-state index contributed by atoms with van der Waals surface area (Å²) in [5, 5.41) is 4.46. The van der Waals surface area contributed by atoms with E-state index in [-0.39, 0.29) is 0 Å². The van der Waals surface area contributed by atoms with E-state index >= 15 is 0 Å². The van der Waals surface area contributed by atoms with E-state index in [0.29, 0.717) is 12.4 Å². The first-order chi connectivity index (χ1) is 9.46. The molecule has 2 rings (SSSR count). The van der Waals surface area contributed by atoms with Crippen molar-refractivity contribution in [1.82, 2.24) is 14.8 Å². The average molecular weight is 290 g/mol. The predicted octanol–water partition coefficient (Wildman–Crippen LogP) is 2.84. The van der Waals surface area contributed by atoms with Gasteiger partial charge in [0.15, 0.2) is 0 Å². The van der Waals surface area contributed by atoms with Crippen LogP contribution in [0.5, 0.6) is 0 Å². The van der Waals surface area contributed by atoms with Crippen LogP contribution in [0.4, 0.5) is 5.69 Å². The largest absolute Gasteiger partial charge is 0.396 e. The van der Waals surface area contributed by atoms with Gasteiger partial charge in [-0.25, -0.2) is 4.68 Å². The molecule has 0 saturated heterocycles. The Bertz CT molecular complexity index is 548. The lowest BCUT2D eigenvalue weighted by Gasteiger charge is -2.15. The Balaban J connectivity index is 1.95. The Morgan fingerprint density at radius 3 is 2.60 bits per heavy atom. The molecule has 2 N–H and O–H groups in total. The molecule has 0 radical (unpaired) electrons. The lowest BCUT2D eigenvalue weighted by molar-refractivity contribution is 0.0788. The highest BCUT2D eigenvalue weighted by Gasteiger charge is 2.12. The minimum absolute atomic E-state index is 0.444. The van der Waals surface area contributed by atoms with E-state index in [2.05, 4.69) is 29.7 Å². The second-order valence-corrected chi connectivity index (χ2v) is 11.7. The third-order valence-electron chi connectivity index (χ3n) is 2.96. The minimum atomic E-state index is -1.04. The highest BCUT2D eigenvalue weighted by Crippen LogP contribution is 2.22. The maximum Gasteiger partial charge on any atom is 0.139 e. The fraction of sp³-hybridized carbons (Fsp3) is 0.429. The summed E-state index contributed by atoms with van der Waals surface area (Å²) in [4.78, 5) is 3.99. The van der Waals surface area contributed by atoms with Gasteiger partial charge in [-0.05, 0) is 18.2 Å². The summed E-state index contributed by atoms with van der Waals surface area (Å²) in [6, 6.07) is 4.95. The number of nitrogens with two attached hydrogens (primary N) is 1. The molecule has 0 saturated carbocycles. The van der Waals surface area contributed by atoms with Gasteiger partial charge in [0.2, 0.25) is 0 Å². The van der Waals surface area contributed by atoms with Crippen molar-refractivity contribution in [3.05, 3.63) is 30.7 Å². The van der Waals surface area contributed by atoms with Crippen molar-refractivity contribution in [2.24, 2.45) is 0 Å². The van der Waals surface area contributed by atoms with E-state index in [1.165, 1.54) is 0 Å². The fourth-order valence-electron chi connectivity index (χ4n) is 1.77. The number of nitrogen functional groups attached to an aromatic ring is 1. The molecule has 0 spiro atoms. The second-order valence-electron chi connectivity index (χ2n) is 6.06. The van der Waals surface area contributed by atoms with Crippen LogP contribution in [0.3, 0.4) is 0 Å². The molecule has 2 aromatic rings. The summed E-state index contributed by atoms with van der Waals surface area (Å²) in [6.45, 7) is 8.23. The first-order valence-corrected chi connectivity index (χ1v) is 10.5. The first kappa shape index (κ1) is 14.7. The number of rotatable bonds is 6. The third-order valence-corrected chi connectivity index (χ3v) is 4.67. The smallest absolute Gasteiger partial charge is 0.139 e. The van der Waals surface area contributed by atoms with Gasteiger partial charge in [-0.3, -0.25) is 4.98 Å². The molecule has 0 aliphatic carbocycles. The fourth-order valence-corrected chi connectivity index (χ4v) is 2.53. The standard InChI is InChI=1S/C14H22N4OSi/c1-20(2,3)9-8-19-11-18-10-13(15)14(17-18)12-4-6-16-7-5-12/h4-7,10H,8-9,11,15H2,1-3H3. The molecular formula is C14H22N4OSi. The Morgan fingerprint density at radius 1 is 1.25 bits per heavy atom. The lowest BCUT2D eigenvalue weighted by atomic mass is 10.2. The molecule has 0 fully saturated rings. The molecular weight excluding hydrogens is 268 g/mol. The predicted molar refractivity (Wildman–Crippen MR) is 84.0 cm³/mol. The Morgan fingerprint density at radius 2 is 1.95 bits per heavy atom. The van der Waals surface area contributed by atoms with Crippen molar-refractivity contribution in [3.8, 4) is 11.3 Å². The van der Waals surface area contributed by atoms with E-state index in [9.17, 15) is 0 Å². The van der Waals surface area contributed by atoms with Gasteiger partial charge < -0.3 is 10.5 Å². The highest BCUT2D eigenvalue weighted by atomic mass is 28.3. The molecule has 108 valence electrons. The van der Waals surface area contributed by atoms with Crippen LogP contribution in [-0.2, 0) is 11.5 Å². The highest BCUT2D eigenvalue weighted by molar-refractivity contribution is 6.76. The minimum Gasteiger partial charge on any atom is -0.396 e. The van der Waals surface area contributed by atoms with E-state index in [1.54, 1.807) is 17.1 Å². The quantitative estimate of drug-likeness (QED) is 0.656. The Hall–Kier alpha value is -1.66. The molecule has 20 heavy (non-hydrogen) atoms. The first-order valence-electron chi connectivity index (χ1n) is 6.77. The van der Waals surface area contributed by atoms with E-state index in [0.717, 1.165) is 23.9 Å². The molecule has 0 unspecified atom stereocenters. The molecule has 0 amide bonds. The van der Waals surface area contributed by atoms with Crippen LogP contribution >= 0.6 is 0 Å². The van der Waals surface area contributed by atoms with Gasteiger partial charge in [0.05, 0.1) is 11.9 Å². The molecule has 0 aliphatic heterocycles. The molecule has 0 aromatic carbocycles. The number of nitrogens with zero attached hydrogens (tertiary/aromatic N) is 3. The molecule has 6 heteroatoms. The van der Waals surface area contributed by atoms with Crippen LogP contribution in [0.1, 0.15) is 0 Å². The monoisotopic (exact) mass is 290 g/mol. The third kappa shape index (κ3) is 4.18. The van der Waals surface area contributed by atoms with E-state index in [4.69, 9.17) is 10.5 Å². The normalized spacial score (nSPS) is 11.8. The van der Waals surface area contributed by atoms with Crippen LogP contribution in [-0.4, -0.2) is 29.4 Å². The maximum absolute atomic E-state index is 5.99. The molecule has 0 atom stereocenters. The summed E-state index contributed by atoms with van der Waals surface area (Å²) in [5.41, 5.74) is 8.40. The molecule has 5 nitrogen and oxygen atoms in total. The molecule has 0 aliphatic rings. The van der Waals surface area contributed by atoms with Gasteiger partial charge >= 0.3 is 0 Å². The van der Waals surface area contributed by atoms with Crippen LogP contribution in [0, 0.1) is 0 Å². The number of hydrogen-bond acceptors (Lipinski definition) is 4. The van der Waals surface area contributed by atoms with Gasteiger partial charge in [-0.15, -0.1) is 0 Å². The van der Waals surface area contributed by atoms with Gasteiger partial charge in [0.1, 0.15) is 12.4 Å². The zero-order chi connectivity index (χ0) is 14.6. The summed E-state index contributed by atoms with van der Waals surface area (Å²) in [7, 11) is -1.04. The number of anilines is 1. The second kappa shape index (κ2) is 6.19. The number of pyridine rings is 1. The summed E-state index contributed by atoms with van der Waals surface area (Å²) in [5.74, 6) is 0. The van der Waals surface area contributed by atoms with E-state index < -0.39 is 8.07 Å². The summed E-state index contributed by atoms with van der Waals surface area (Å²) < 4.78 is 7.41. The molecule has 0 bridgehead atoms. The van der Waals surface area contributed by atoms with Crippen molar-refractivity contribution >= 4 is 13.8 Å². The lowest BCUT2D eigenvalue weighted by Crippen LogP contribution is -2.22. The van der Waals surface area contributed by atoms with Gasteiger partial charge in [0, 0.05) is 32.6 Å². The zero-order valence-electron chi connectivity index (χ0n) is 12.3. The number of hydrogen-bond donors (Lipinski definition) is 1. The maximum atomic E-state index is 5.99. The van der Waals surface area contributed by atoms with Crippen LogP contribution < -0.4 is 5.73 Å². The zero-order valence-corrected chi connectivity index (χ0v) is 13.3. The number of ether oxygens (including phenoxy) is 1. The Labute approximate surface area is 120 Å². The number of aromatic nitrogens is 3. The van der Waals surface area contributed by atoms with Crippen molar-refractivity contribution in [3.63, 3.8) is 0 Å². The summed E-state index contributed by atoms with van der Waals surface area (Å²) >= 11 is 0. The van der Waals surface area contributed by atoms with Gasteiger partial charge in [0.25, 0.3) is 0 Å². The molecule has 2 heterocycles. The van der Waals surface area contributed by atoms with Crippen molar-refractivity contribution in [1.29, 1.82) is 0 Å². The van der Waals surface area contributed by atoms with Crippen LogP contribution in [0.25, 0.3) is 11.3 Å². The van der Waals surface area contributed by atoms with Crippen molar-refractivity contribution in [2.45, 2.75) is 32.4 Å². The van der Waals surface area contributed by atoms with E-state index in [1.807, 2.05) is 18.3 Å². The topological polar surface area (TPSA) is 66.0 Å². The van der Waals surface area contributed by atoms with Crippen molar-refractivity contribution < 1.29 is 4.74 Å². The van der Waals surface area contributed by atoms with Crippen LogP contribution in [0.15, 0.2) is 30.7 Å². The van der Waals surface area contributed by atoms with Crippen molar-refractivity contribution in [2.75, 3.05) is 12.3 Å². The molecule has 2 aromatic heterocycles.